The van der Waals surface area contributed by atoms with E-state index in [0.29, 0.717) is 13.0 Å². The van der Waals surface area contributed by atoms with Gasteiger partial charge in [-0.1, -0.05) is 20.8 Å². The number of carbonyl (C=O) groups excluding carboxylic acids is 1. The Morgan fingerprint density at radius 2 is 1.68 bits per heavy atom. The van der Waals surface area contributed by atoms with Crippen LogP contribution < -0.4 is 0 Å². The molecule has 1 fully saturated rings. The van der Waals surface area contributed by atoms with E-state index in [1.165, 1.54) is 4.90 Å². The average Bonchev–Trinajstić information content (AvgIpc) is 2.57. The number of likely N-dealkylation sites (tertiary alicyclic amines) is 1. The molecular formula is C14H25NO4. The van der Waals surface area contributed by atoms with Crippen LogP contribution >= 0.6 is 0 Å². The highest BCUT2D eigenvalue weighted by Gasteiger charge is 2.47. The number of aliphatic carboxylic acids is 1. The summed E-state index contributed by atoms with van der Waals surface area (Å²) in [7, 11) is 0. The Balaban J connectivity index is 2.91. The lowest BCUT2D eigenvalue weighted by atomic mass is 9.76. The summed E-state index contributed by atoms with van der Waals surface area (Å²) in [5, 5.41) is 9.42. The van der Waals surface area contributed by atoms with Crippen LogP contribution in [0.2, 0.25) is 0 Å². The minimum atomic E-state index is -0.955. The molecule has 0 saturated carbocycles. The van der Waals surface area contributed by atoms with E-state index in [9.17, 15) is 14.7 Å². The third kappa shape index (κ3) is 3.85. The van der Waals surface area contributed by atoms with E-state index in [-0.39, 0.29) is 11.3 Å². The topological polar surface area (TPSA) is 66.8 Å². The third-order valence-corrected chi connectivity index (χ3v) is 3.39. The van der Waals surface area contributed by atoms with Gasteiger partial charge >= 0.3 is 12.1 Å². The zero-order chi connectivity index (χ0) is 15.0. The molecule has 1 aliphatic heterocycles. The molecule has 2 atom stereocenters. The molecule has 1 saturated heterocycles. The van der Waals surface area contributed by atoms with Crippen LogP contribution in [0.5, 0.6) is 0 Å². The van der Waals surface area contributed by atoms with E-state index >= 15 is 0 Å². The van der Waals surface area contributed by atoms with Gasteiger partial charge in [-0.05, 0) is 38.5 Å². The summed E-state index contributed by atoms with van der Waals surface area (Å²) in [4.78, 5) is 24.9. The number of hydrogen-bond donors (Lipinski definition) is 1. The van der Waals surface area contributed by atoms with Crippen molar-refractivity contribution in [2.75, 3.05) is 6.54 Å². The van der Waals surface area contributed by atoms with E-state index in [4.69, 9.17) is 4.74 Å². The smallest absolute Gasteiger partial charge is 0.411 e. The lowest BCUT2D eigenvalue weighted by molar-refractivity contribution is -0.144. The molecule has 5 heteroatoms. The first kappa shape index (κ1) is 15.8. The zero-order valence-corrected chi connectivity index (χ0v) is 12.7. The molecule has 1 heterocycles. The summed E-state index contributed by atoms with van der Waals surface area (Å²) in [6.45, 7) is 11.8. The molecule has 0 spiro atoms. The van der Waals surface area contributed by atoms with Crippen LogP contribution in [0, 0.1) is 11.3 Å². The summed E-state index contributed by atoms with van der Waals surface area (Å²) in [5.41, 5.74) is -0.764. The largest absolute Gasteiger partial charge is 0.480 e. The van der Waals surface area contributed by atoms with E-state index in [0.717, 1.165) is 0 Å². The molecular weight excluding hydrogens is 246 g/mol. The predicted molar refractivity (Wildman–Crippen MR) is 71.9 cm³/mol. The lowest BCUT2D eigenvalue weighted by Gasteiger charge is -2.33. The number of nitrogens with zero attached hydrogens (tertiary/aromatic N) is 1. The van der Waals surface area contributed by atoms with Crippen molar-refractivity contribution in [3.05, 3.63) is 0 Å². The number of amides is 1. The minimum absolute atomic E-state index is 0.0579. The average molecular weight is 271 g/mol. The second-order valence-electron chi connectivity index (χ2n) is 7.22. The highest BCUT2D eigenvalue weighted by atomic mass is 16.6. The third-order valence-electron chi connectivity index (χ3n) is 3.39. The van der Waals surface area contributed by atoms with E-state index < -0.39 is 23.7 Å². The Labute approximate surface area is 114 Å². The molecule has 0 bridgehead atoms. The summed E-state index contributed by atoms with van der Waals surface area (Å²) >= 11 is 0. The quantitative estimate of drug-likeness (QED) is 0.796. The van der Waals surface area contributed by atoms with Gasteiger partial charge in [-0.3, -0.25) is 4.90 Å². The van der Waals surface area contributed by atoms with Gasteiger partial charge in [0.05, 0.1) is 0 Å². The maximum atomic E-state index is 12.1. The molecule has 5 nitrogen and oxygen atoms in total. The fourth-order valence-corrected chi connectivity index (χ4v) is 2.53. The van der Waals surface area contributed by atoms with E-state index in [1.54, 1.807) is 20.8 Å². The first-order valence-corrected chi connectivity index (χ1v) is 6.66. The zero-order valence-electron chi connectivity index (χ0n) is 12.7. The Morgan fingerprint density at radius 3 is 2.05 bits per heavy atom. The van der Waals surface area contributed by atoms with Crippen LogP contribution in [-0.2, 0) is 9.53 Å². The van der Waals surface area contributed by atoms with Crippen molar-refractivity contribution in [2.24, 2.45) is 11.3 Å². The maximum absolute atomic E-state index is 12.1. The summed E-state index contributed by atoms with van der Waals surface area (Å²) < 4.78 is 5.29. The standard InChI is InChI=1S/C14H25NO4/c1-13(2,3)9-7-8-15(10(9)11(16)17)12(18)19-14(4,5)6/h9-10H,7-8H2,1-6H3,(H,16,17)/t9-,10-/m1/s1. The van der Waals surface area contributed by atoms with Crippen molar-refractivity contribution >= 4 is 12.1 Å². The molecule has 0 aliphatic carbocycles. The molecule has 1 N–H and O–H groups in total. The van der Waals surface area contributed by atoms with Crippen LogP contribution in [0.25, 0.3) is 0 Å². The predicted octanol–water partition coefficient (Wildman–Crippen LogP) is 2.74. The number of ether oxygens (including phenoxy) is 1. The lowest BCUT2D eigenvalue weighted by Crippen LogP contribution is -2.47. The van der Waals surface area contributed by atoms with Gasteiger partial charge in [-0.2, -0.15) is 0 Å². The van der Waals surface area contributed by atoms with Crippen LogP contribution in [-0.4, -0.2) is 40.3 Å². The van der Waals surface area contributed by atoms with Crippen molar-refractivity contribution < 1.29 is 19.4 Å². The summed E-state index contributed by atoms with van der Waals surface area (Å²) in [6.07, 6.45) is 0.159. The first-order chi connectivity index (χ1) is 8.43. The molecule has 1 amide bonds. The minimum Gasteiger partial charge on any atom is -0.480 e. The van der Waals surface area contributed by atoms with E-state index in [2.05, 4.69) is 0 Å². The van der Waals surface area contributed by atoms with Crippen LogP contribution in [0.1, 0.15) is 48.0 Å². The van der Waals surface area contributed by atoms with Gasteiger partial charge < -0.3 is 9.84 Å². The molecule has 19 heavy (non-hydrogen) atoms. The normalized spacial score (nSPS) is 24.4. The van der Waals surface area contributed by atoms with Gasteiger partial charge in [-0.25, -0.2) is 9.59 Å². The second-order valence-corrected chi connectivity index (χ2v) is 7.22. The Bertz CT molecular complexity index is 365. The van der Waals surface area contributed by atoms with Gasteiger partial charge in [0, 0.05) is 6.54 Å². The summed E-state index contributed by atoms with van der Waals surface area (Å²) in [6, 6.07) is -0.796. The van der Waals surface area contributed by atoms with Crippen LogP contribution in [0.3, 0.4) is 0 Å². The van der Waals surface area contributed by atoms with Gasteiger partial charge in [0.2, 0.25) is 0 Å². The molecule has 1 aliphatic rings. The van der Waals surface area contributed by atoms with Crippen LogP contribution in [0.4, 0.5) is 4.79 Å². The Hall–Kier alpha value is -1.26. The highest BCUT2D eigenvalue weighted by Crippen LogP contribution is 2.39. The number of rotatable bonds is 1. The maximum Gasteiger partial charge on any atom is 0.411 e. The second kappa shape index (κ2) is 5.02. The van der Waals surface area contributed by atoms with Gasteiger partial charge in [0.15, 0.2) is 0 Å². The number of carboxylic acids is 1. The van der Waals surface area contributed by atoms with Gasteiger partial charge in [0.25, 0.3) is 0 Å². The van der Waals surface area contributed by atoms with Crippen molar-refractivity contribution in [1.29, 1.82) is 0 Å². The molecule has 110 valence electrons. The van der Waals surface area contributed by atoms with E-state index in [1.807, 2.05) is 20.8 Å². The van der Waals surface area contributed by atoms with Crippen molar-refractivity contribution in [2.45, 2.75) is 59.6 Å². The fraction of sp³-hybridized carbons (Fsp3) is 0.857. The first-order valence-electron chi connectivity index (χ1n) is 6.66. The van der Waals surface area contributed by atoms with Crippen molar-refractivity contribution in [1.82, 2.24) is 4.90 Å². The molecule has 0 unspecified atom stereocenters. The van der Waals surface area contributed by atoms with Gasteiger partial charge in [0.1, 0.15) is 11.6 Å². The van der Waals surface area contributed by atoms with Crippen molar-refractivity contribution in [3.63, 3.8) is 0 Å². The number of hydrogen-bond acceptors (Lipinski definition) is 3. The molecule has 1 rings (SSSR count). The van der Waals surface area contributed by atoms with Crippen LogP contribution in [0.15, 0.2) is 0 Å². The molecule has 0 radical (unpaired) electrons. The number of carbonyl (C=O) groups is 2. The SMILES string of the molecule is CC(C)(C)OC(=O)N1CC[C@@H](C(C)(C)C)[C@@H]1C(=O)O. The van der Waals surface area contributed by atoms with Crippen molar-refractivity contribution in [3.8, 4) is 0 Å². The highest BCUT2D eigenvalue weighted by molar-refractivity contribution is 5.81. The molecule has 0 aromatic carbocycles. The Morgan fingerprint density at radius 1 is 1.16 bits per heavy atom. The summed E-state index contributed by atoms with van der Waals surface area (Å²) in [5.74, 6) is -1.01. The Kier molecular flexibility index (Phi) is 4.17. The number of carboxylic acid groups (broad SMARTS) is 1. The van der Waals surface area contributed by atoms with Gasteiger partial charge in [-0.15, -0.1) is 0 Å². The molecule has 0 aromatic rings. The fourth-order valence-electron chi connectivity index (χ4n) is 2.53. The monoisotopic (exact) mass is 271 g/mol. The molecule has 0 aromatic heterocycles.